The minimum absolute atomic E-state index is 0.275. The number of likely N-dealkylation sites (tertiary alicyclic amines) is 1. The molecule has 5 nitrogen and oxygen atoms in total. The predicted molar refractivity (Wildman–Crippen MR) is 93.0 cm³/mol. The highest BCUT2D eigenvalue weighted by Gasteiger charge is 2.48. The lowest BCUT2D eigenvalue weighted by Gasteiger charge is -2.43. The molecule has 1 aromatic rings. The van der Waals surface area contributed by atoms with E-state index in [1.165, 1.54) is 19.2 Å². The third-order valence-electron chi connectivity index (χ3n) is 5.10. The number of ether oxygens (including phenoxy) is 1. The summed E-state index contributed by atoms with van der Waals surface area (Å²) in [6, 6.07) is 4.37. The molecule has 1 aromatic carbocycles. The first kappa shape index (κ1) is 19.7. The fourth-order valence-corrected chi connectivity index (χ4v) is 3.50. The van der Waals surface area contributed by atoms with Crippen LogP contribution in [0.1, 0.15) is 38.7 Å². The number of piperidine rings is 1. The number of halogens is 1. The standard InChI is InChI=1S/C19H28FNO4/c1-13(2)6-8-19(18(23)24)12-21(9-7-17(19)22)11-14-4-5-15(20)10-16(14)25-3/h4-5,10,13,17,22H,6-9,11-12H2,1-3H3,(H,23,24)/t17-,19-/m1/s1. The van der Waals surface area contributed by atoms with Gasteiger partial charge in [-0.05, 0) is 31.2 Å². The van der Waals surface area contributed by atoms with Gasteiger partial charge in [0.25, 0.3) is 0 Å². The van der Waals surface area contributed by atoms with Crippen molar-refractivity contribution in [2.45, 2.75) is 45.8 Å². The van der Waals surface area contributed by atoms with Crippen LogP contribution < -0.4 is 4.74 Å². The summed E-state index contributed by atoms with van der Waals surface area (Å²) in [6.07, 6.45) is 0.749. The van der Waals surface area contributed by atoms with Crippen molar-refractivity contribution in [1.82, 2.24) is 4.90 Å². The molecule has 0 unspecified atom stereocenters. The molecule has 1 aliphatic heterocycles. The van der Waals surface area contributed by atoms with E-state index in [0.717, 1.165) is 12.0 Å². The number of hydrogen-bond acceptors (Lipinski definition) is 4. The third-order valence-corrected chi connectivity index (χ3v) is 5.10. The first-order chi connectivity index (χ1) is 11.8. The van der Waals surface area contributed by atoms with Crippen LogP contribution in [-0.2, 0) is 11.3 Å². The molecule has 2 N–H and O–H groups in total. The number of methoxy groups -OCH3 is 1. The Labute approximate surface area is 148 Å². The lowest BCUT2D eigenvalue weighted by molar-refractivity contribution is -0.165. The van der Waals surface area contributed by atoms with E-state index in [1.807, 2.05) is 18.7 Å². The summed E-state index contributed by atoms with van der Waals surface area (Å²) in [5.74, 6) is -0.492. The van der Waals surface area contributed by atoms with E-state index in [1.54, 1.807) is 6.07 Å². The van der Waals surface area contributed by atoms with Gasteiger partial charge in [0.2, 0.25) is 0 Å². The van der Waals surface area contributed by atoms with Crippen LogP contribution in [-0.4, -0.2) is 47.4 Å². The molecule has 0 bridgehead atoms. The number of hydrogen-bond donors (Lipinski definition) is 2. The molecule has 0 aliphatic carbocycles. The van der Waals surface area contributed by atoms with Crippen molar-refractivity contribution in [3.63, 3.8) is 0 Å². The van der Waals surface area contributed by atoms with E-state index >= 15 is 0 Å². The number of rotatable bonds is 7. The molecule has 0 saturated carbocycles. The highest BCUT2D eigenvalue weighted by Crippen LogP contribution is 2.37. The number of benzene rings is 1. The zero-order chi connectivity index (χ0) is 18.6. The highest BCUT2D eigenvalue weighted by atomic mass is 19.1. The van der Waals surface area contributed by atoms with Crippen LogP contribution in [0.3, 0.4) is 0 Å². The Kier molecular flexibility index (Phi) is 6.41. The molecule has 1 aliphatic rings. The fourth-order valence-electron chi connectivity index (χ4n) is 3.50. The summed E-state index contributed by atoms with van der Waals surface area (Å²) in [5.41, 5.74) is -0.348. The van der Waals surface area contributed by atoms with Crippen LogP contribution >= 0.6 is 0 Å². The van der Waals surface area contributed by atoms with Gasteiger partial charge in [-0.25, -0.2) is 4.39 Å². The van der Waals surface area contributed by atoms with E-state index < -0.39 is 17.5 Å². The molecule has 0 amide bonds. The number of nitrogens with zero attached hydrogens (tertiary/aromatic N) is 1. The molecule has 1 heterocycles. The summed E-state index contributed by atoms with van der Waals surface area (Å²) in [7, 11) is 1.49. The molecular formula is C19H28FNO4. The Bertz CT molecular complexity index is 607. The van der Waals surface area contributed by atoms with Gasteiger partial charge in [-0.3, -0.25) is 9.69 Å². The van der Waals surface area contributed by atoms with Gasteiger partial charge in [0, 0.05) is 31.3 Å². The van der Waals surface area contributed by atoms with Crippen LogP contribution in [0.4, 0.5) is 4.39 Å². The monoisotopic (exact) mass is 353 g/mol. The molecule has 2 atom stereocenters. The maximum absolute atomic E-state index is 13.4. The summed E-state index contributed by atoms with van der Waals surface area (Å²) in [6.45, 7) is 5.43. The predicted octanol–water partition coefficient (Wildman–Crippen LogP) is 2.91. The van der Waals surface area contributed by atoms with Gasteiger partial charge in [-0.15, -0.1) is 0 Å². The zero-order valence-corrected chi connectivity index (χ0v) is 15.2. The first-order valence-electron chi connectivity index (χ1n) is 8.74. The Balaban J connectivity index is 2.19. The first-order valence-corrected chi connectivity index (χ1v) is 8.74. The van der Waals surface area contributed by atoms with Gasteiger partial charge in [-0.1, -0.05) is 19.9 Å². The minimum Gasteiger partial charge on any atom is -0.496 e. The maximum atomic E-state index is 13.4. The van der Waals surface area contributed by atoms with Crippen molar-refractivity contribution in [3.8, 4) is 5.75 Å². The van der Waals surface area contributed by atoms with Crippen LogP contribution in [0.2, 0.25) is 0 Å². The molecule has 0 aromatic heterocycles. The van der Waals surface area contributed by atoms with Crippen molar-refractivity contribution in [1.29, 1.82) is 0 Å². The molecule has 1 saturated heterocycles. The van der Waals surface area contributed by atoms with E-state index in [4.69, 9.17) is 4.74 Å². The van der Waals surface area contributed by atoms with E-state index in [0.29, 0.717) is 37.6 Å². The lowest BCUT2D eigenvalue weighted by atomic mass is 9.72. The zero-order valence-electron chi connectivity index (χ0n) is 15.2. The second-order valence-electron chi connectivity index (χ2n) is 7.37. The Hall–Kier alpha value is -1.66. The average Bonchev–Trinajstić information content (AvgIpc) is 2.56. The Morgan fingerprint density at radius 1 is 1.48 bits per heavy atom. The molecule has 25 heavy (non-hydrogen) atoms. The van der Waals surface area contributed by atoms with Crippen molar-refractivity contribution < 1.29 is 24.1 Å². The fraction of sp³-hybridized carbons (Fsp3) is 0.632. The van der Waals surface area contributed by atoms with Crippen molar-refractivity contribution >= 4 is 5.97 Å². The van der Waals surface area contributed by atoms with Gasteiger partial charge in [0.1, 0.15) is 17.0 Å². The third kappa shape index (κ3) is 4.50. The van der Waals surface area contributed by atoms with Crippen molar-refractivity contribution in [3.05, 3.63) is 29.6 Å². The molecule has 0 spiro atoms. The minimum atomic E-state index is -1.16. The normalized spacial score (nSPS) is 24.5. The summed E-state index contributed by atoms with van der Waals surface area (Å²) in [5, 5.41) is 20.3. The highest BCUT2D eigenvalue weighted by molar-refractivity contribution is 5.76. The summed E-state index contributed by atoms with van der Waals surface area (Å²) >= 11 is 0. The van der Waals surface area contributed by atoms with Crippen LogP contribution in [0.25, 0.3) is 0 Å². The van der Waals surface area contributed by atoms with Crippen LogP contribution in [0, 0.1) is 17.2 Å². The topological polar surface area (TPSA) is 70.0 Å². The number of carboxylic acids is 1. The quantitative estimate of drug-likeness (QED) is 0.789. The summed E-state index contributed by atoms with van der Waals surface area (Å²) < 4.78 is 18.6. The molecule has 1 fully saturated rings. The van der Waals surface area contributed by atoms with Gasteiger partial charge in [-0.2, -0.15) is 0 Å². The number of carbonyl (C=O) groups is 1. The van der Waals surface area contributed by atoms with Crippen LogP contribution in [0.15, 0.2) is 18.2 Å². The second-order valence-corrected chi connectivity index (χ2v) is 7.37. The second kappa shape index (κ2) is 8.15. The number of carboxylic acid groups (broad SMARTS) is 1. The van der Waals surface area contributed by atoms with Gasteiger partial charge in [0.05, 0.1) is 13.2 Å². The Morgan fingerprint density at radius 3 is 2.80 bits per heavy atom. The van der Waals surface area contributed by atoms with Gasteiger partial charge < -0.3 is 14.9 Å². The molecule has 0 radical (unpaired) electrons. The maximum Gasteiger partial charge on any atom is 0.313 e. The SMILES string of the molecule is COc1cc(F)ccc1CN1CC[C@@H](O)[C@](CCC(C)C)(C(=O)O)C1. The van der Waals surface area contributed by atoms with E-state index in [-0.39, 0.29) is 12.4 Å². The van der Waals surface area contributed by atoms with Gasteiger partial charge in [0.15, 0.2) is 0 Å². The van der Waals surface area contributed by atoms with Crippen LogP contribution in [0.5, 0.6) is 5.75 Å². The van der Waals surface area contributed by atoms with Gasteiger partial charge >= 0.3 is 5.97 Å². The largest absolute Gasteiger partial charge is 0.496 e. The number of aliphatic carboxylic acids is 1. The smallest absolute Gasteiger partial charge is 0.313 e. The van der Waals surface area contributed by atoms with Crippen molar-refractivity contribution in [2.24, 2.45) is 11.3 Å². The Morgan fingerprint density at radius 2 is 2.20 bits per heavy atom. The number of aliphatic hydroxyl groups is 1. The molecular weight excluding hydrogens is 325 g/mol. The molecule has 6 heteroatoms. The lowest BCUT2D eigenvalue weighted by Crippen LogP contribution is -2.55. The number of aliphatic hydroxyl groups excluding tert-OH is 1. The molecule has 140 valence electrons. The van der Waals surface area contributed by atoms with Crippen molar-refractivity contribution in [2.75, 3.05) is 20.2 Å². The van der Waals surface area contributed by atoms with E-state index in [9.17, 15) is 19.4 Å². The molecule has 2 rings (SSSR count). The summed E-state index contributed by atoms with van der Waals surface area (Å²) in [4.78, 5) is 14.0. The van der Waals surface area contributed by atoms with E-state index in [2.05, 4.69) is 0 Å². The average molecular weight is 353 g/mol.